The number of fused-ring (bicyclic) bond motifs is 2. The number of nitrogens with one attached hydrogen (secondary N) is 2. The number of carboxylic acid groups (broad SMARTS) is 2. The van der Waals surface area contributed by atoms with E-state index in [1.165, 1.54) is 41.7 Å². The van der Waals surface area contributed by atoms with Crippen LogP contribution in [0.15, 0.2) is 38.7 Å². The van der Waals surface area contributed by atoms with E-state index >= 15 is 0 Å². The number of β-lactam (4-membered cyclic amide) rings is 1. The number of aromatic nitrogens is 3. The molecule has 58 heavy (non-hydrogen) atoms. The number of phenols is 2. The number of nitrogen functional groups attached to an aromatic ring is 1. The minimum atomic E-state index is -1.92. The molecule has 20 nitrogen and oxygen atoms in total. The number of nitrogens with two attached hydrogens (primary N) is 1. The Kier molecular flexibility index (Phi) is 13.2. The normalized spacial score (nSPS) is 20.2. The first-order chi connectivity index (χ1) is 26.9. The molecule has 0 aliphatic carbocycles. The van der Waals surface area contributed by atoms with E-state index in [9.17, 15) is 49.2 Å². The van der Waals surface area contributed by atoms with Crippen LogP contribution in [0.4, 0.5) is 5.13 Å². The second-order valence-electron chi connectivity index (χ2n) is 14.4. The molecule has 3 amide bonds. The summed E-state index contributed by atoms with van der Waals surface area (Å²) in [6.45, 7) is 8.24. The molecule has 5 heterocycles. The van der Waals surface area contributed by atoms with Crippen molar-refractivity contribution in [2.75, 3.05) is 38.5 Å². The second-order valence-corrected chi connectivity index (χ2v) is 16.7. The van der Waals surface area contributed by atoms with Crippen molar-refractivity contribution < 1.29 is 83.3 Å². The van der Waals surface area contributed by atoms with E-state index in [0.29, 0.717) is 29.7 Å². The molecule has 3 aliphatic heterocycles. The number of hydrogen-bond acceptors (Lipinski definition) is 16. The number of rotatable bonds is 14. The predicted octanol–water partition coefficient (Wildman–Crippen LogP) is -3.71. The van der Waals surface area contributed by atoms with E-state index in [-0.39, 0.29) is 82.3 Å². The third-order valence-electron chi connectivity index (χ3n) is 10.2. The third kappa shape index (κ3) is 8.52. The minimum absolute atomic E-state index is 0. The molecule has 0 bridgehead atoms. The first-order valence-electron chi connectivity index (χ1n) is 17.9. The van der Waals surface area contributed by atoms with Gasteiger partial charge in [-0.15, -0.1) is 23.1 Å². The van der Waals surface area contributed by atoms with Gasteiger partial charge in [-0.2, -0.15) is 5.10 Å². The fourth-order valence-corrected chi connectivity index (χ4v) is 9.07. The van der Waals surface area contributed by atoms with E-state index in [2.05, 4.69) is 25.9 Å². The maximum atomic E-state index is 13.7. The van der Waals surface area contributed by atoms with Crippen LogP contribution in [0.2, 0.25) is 0 Å². The molecule has 2 fully saturated rings. The molecule has 304 valence electrons. The van der Waals surface area contributed by atoms with E-state index in [1.54, 1.807) is 6.92 Å². The molecular weight excluding hydrogens is 810 g/mol. The van der Waals surface area contributed by atoms with Crippen LogP contribution in [-0.2, 0) is 30.6 Å². The molecule has 0 unspecified atom stereocenters. The van der Waals surface area contributed by atoms with Crippen LogP contribution in [0.3, 0.4) is 0 Å². The number of quaternary nitrogens is 1. The summed E-state index contributed by atoms with van der Waals surface area (Å²) in [6.07, 6.45) is 1.68. The van der Waals surface area contributed by atoms with Crippen LogP contribution in [0, 0.1) is 0 Å². The van der Waals surface area contributed by atoms with Crippen molar-refractivity contribution in [1.29, 1.82) is 0 Å². The van der Waals surface area contributed by atoms with E-state index in [1.807, 2.05) is 6.92 Å². The maximum Gasteiger partial charge on any atom is 1.00 e. The standard InChI is InChI=1S/C35H41N9O11S2.Na/c1-5-42-20-13-22(46)21(45)12-17(20)27(47)24(40-42)28(48)37-8-11-44(9-6-7-10-44)14-18-16(2)57-31-25(30(50)43(31)26(18)32(51)52)39-29(49)23(19-15-56-34(36)38-19)41-55-35(3,4)33(53)54;/h12-13,15-16,25,31H,5-11,14H2,1-4H3,(H7-,36,37,38,39,40,41,45,46,47,48,49,51,52,53,54);/q;+1/t16-,25+,31+;/m0./s1. The Morgan fingerprint density at radius 1 is 1.16 bits per heavy atom. The van der Waals surface area contributed by atoms with E-state index in [0.717, 1.165) is 35.1 Å². The van der Waals surface area contributed by atoms with Crippen molar-refractivity contribution in [3.8, 4) is 11.5 Å². The quantitative estimate of drug-likeness (QED) is 0.0227. The number of aryl methyl sites for hydroxylation is 1. The number of aromatic hydroxyl groups is 2. The van der Waals surface area contributed by atoms with Gasteiger partial charge in [0.1, 0.15) is 29.4 Å². The maximum absolute atomic E-state index is 13.7. The van der Waals surface area contributed by atoms with Crippen molar-refractivity contribution in [2.45, 2.75) is 69.3 Å². The smallest absolute Gasteiger partial charge is 0.546 e. The number of hydrogen-bond donors (Lipinski definition) is 6. The third-order valence-corrected chi connectivity index (χ3v) is 12.3. The monoisotopic (exact) mass is 850 g/mol. The number of carboxylic acids is 2. The number of carbonyl (C=O) groups is 5. The van der Waals surface area contributed by atoms with Gasteiger partial charge in [-0.05, 0) is 33.8 Å². The Morgan fingerprint density at radius 3 is 2.43 bits per heavy atom. The van der Waals surface area contributed by atoms with Gasteiger partial charge in [0, 0.05) is 41.7 Å². The molecule has 6 rings (SSSR count). The average Bonchev–Trinajstić information content (AvgIpc) is 3.81. The summed E-state index contributed by atoms with van der Waals surface area (Å²) in [7, 11) is 0. The molecular formula is C35H41N9NaO11S2+. The molecule has 2 aromatic heterocycles. The number of thioether (sulfide) groups is 1. The minimum Gasteiger partial charge on any atom is -0.546 e. The molecule has 7 N–H and O–H groups in total. The van der Waals surface area contributed by atoms with Crippen LogP contribution in [0.5, 0.6) is 11.5 Å². The first-order valence-corrected chi connectivity index (χ1v) is 19.7. The largest absolute Gasteiger partial charge is 1.00 e. The molecule has 3 aromatic rings. The van der Waals surface area contributed by atoms with Gasteiger partial charge in [0.2, 0.25) is 5.43 Å². The van der Waals surface area contributed by atoms with Crippen molar-refractivity contribution in [3.63, 3.8) is 0 Å². The van der Waals surface area contributed by atoms with Crippen LogP contribution < -0.4 is 56.5 Å². The number of thiazole rings is 1. The van der Waals surface area contributed by atoms with Crippen LogP contribution >= 0.6 is 23.1 Å². The van der Waals surface area contributed by atoms with Crippen molar-refractivity contribution >= 4 is 74.5 Å². The second kappa shape index (κ2) is 17.2. The van der Waals surface area contributed by atoms with E-state index < -0.39 is 74.6 Å². The number of aliphatic carboxylic acids is 2. The van der Waals surface area contributed by atoms with Gasteiger partial charge in [-0.25, -0.2) is 9.78 Å². The molecule has 0 radical (unpaired) electrons. The Bertz CT molecular complexity index is 2310. The fourth-order valence-electron chi connectivity index (χ4n) is 7.08. The molecule has 3 atom stereocenters. The topological polar surface area (TPSA) is 292 Å². The Hall–Kier alpha value is -4.74. The summed E-state index contributed by atoms with van der Waals surface area (Å²) in [5.41, 5.74) is 2.80. The van der Waals surface area contributed by atoms with Crippen molar-refractivity contribution in [2.24, 2.45) is 5.16 Å². The summed E-state index contributed by atoms with van der Waals surface area (Å²) >= 11 is 2.28. The molecule has 0 spiro atoms. The van der Waals surface area contributed by atoms with E-state index in [4.69, 9.17) is 10.6 Å². The molecule has 2 saturated heterocycles. The van der Waals surface area contributed by atoms with Crippen LogP contribution in [-0.4, -0.2) is 130 Å². The van der Waals surface area contributed by atoms with Crippen LogP contribution in [0.1, 0.15) is 56.7 Å². The van der Waals surface area contributed by atoms with Gasteiger partial charge >= 0.3 is 35.5 Å². The Morgan fingerprint density at radius 2 is 1.83 bits per heavy atom. The summed E-state index contributed by atoms with van der Waals surface area (Å²) in [5.74, 6) is -6.21. The summed E-state index contributed by atoms with van der Waals surface area (Å²) in [5, 5.41) is 55.5. The number of likely N-dealkylation sites (tertiary alicyclic amines) is 1. The number of benzene rings is 1. The number of oxime groups is 1. The average molecular weight is 851 g/mol. The Labute approximate surface area is 361 Å². The van der Waals surface area contributed by atoms with Gasteiger partial charge in [0.15, 0.2) is 33.6 Å². The van der Waals surface area contributed by atoms with Gasteiger partial charge in [0.25, 0.3) is 17.7 Å². The molecule has 3 aliphatic rings. The Balaban J connectivity index is 0.00000641. The van der Waals surface area contributed by atoms with Gasteiger partial charge in [0.05, 0.1) is 43.1 Å². The number of nitrogens with zero attached hydrogens (tertiary/aromatic N) is 6. The zero-order chi connectivity index (χ0) is 41.6. The zero-order valence-electron chi connectivity index (χ0n) is 32.3. The predicted molar refractivity (Wildman–Crippen MR) is 204 cm³/mol. The first kappa shape index (κ1) is 44.4. The van der Waals surface area contributed by atoms with Gasteiger partial charge in [-0.3, -0.25) is 28.8 Å². The molecule has 0 saturated carbocycles. The summed E-state index contributed by atoms with van der Waals surface area (Å²) in [4.78, 5) is 88.4. The number of carbonyl (C=O) groups excluding carboxylic acids is 4. The van der Waals surface area contributed by atoms with Crippen molar-refractivity contribution in [1.82, 2.24) is 30.3 Å². The molecule has 1 aromatic carbocycles. The zero-order valence-corrected chi connectivity index (χ0v) is 35.9. The SMILES string of the molecule is CCn1nc(C(=O)NCC[N+]2(CC3=C(C(=O)O)N4C(=O)[C@@H](NC(=O)/C(=N\OC(C)(C)C(=O)[O-])c5csc(N)n5)[C@H]4S[C@H]3C)CCCC2)c(=O)c2cc(O)c(O)cc21.[Na+]. The number of anilines is 1. The summed E-state index contributed by atoms with van der Waals surface area (Å²) in [6, 6.07) is 1.12. The summed E-state index contributed by atoms with van der Waals surface area (Å²) < 4.78 is 1.78. The van der Waals surface area contributed by atoms with Gasteiger partial charge in [-0.1, -0.05) is 5.16 Å². The number of phenolic OH excluding ortho intramolecular Hbond substituents is 2. The fraction of sp³-hybridized carbons (Fsp3) is 0.457. The van der Waals surface area contributed by atoms with Crippen LogP contribution in [0.25, 0.3) is 10.9 Å². The van der Waals surface area contributed by atoms with Gasteiger partial charge < -0.3 is 50.9 Å². The molecule has 23 heteroatoms. The van der Waals surface area contributed by atoms with Crippen molar-refractivity contribution in [3.05, 3.63) is 50.4 Å². The number of amides is 3.